The van der Waals surface area contributed by atoms with Crippen molar-refractivity contribution in [1.29, 1.82) is 0 Å². The Balaban J connectivity index is 1.33. The summed E-state index contributed by atoms with van der Waals surface area (Å²) in [6.45, 7) is 3.88. The minimum Gasteiger partial charge on any atom is -0.497 e. The van der Waals surface area contributed by atoms with Crippen LogP contribution >= 0.6 is 0 Å². The number of hydrogen-bond acceptors (Lipinski definition) is 6. The fourth-order valence-corrected chi connectivity index (χ4v) is 10.1. The predicted octanol–water partition coefficient (Wildman–Crippen LogP) is 5.63. The molecule has 4 unspecified atom stereocenters. The molecule has 2 aromatic carbocycles. The fourth-order valence-electron chi connectivity index (χ4n) is 9.60. The number of piperazine rings is 1. The van der Waals surface area contributed by atoms with Gasteiger partial charge in [-0.25, -0.2) is 13.1 Å². The average Bonchev–Trinajstić information content (AvgIpc) is 3.74. The maximum atomic E-state index is 15.1. The lowest BCUT2D eigenvalue weighted by atomic mass is 9.81. The quantitative estimate of drug-likeness (QED) is 0.369. The van der Waals surface area contributed by atoms with Gasteiger partial charge in [-0.05, 0) is 99.9 Å². The molecule has 9 nitrogen and oxygen atoms in total. The molecule has 8 rings (SSSR count). The molecular formula is C37H46N4O5S. The number of likely N-dealkylation sites (N-methyl/N-ethyl adjacent to an activating group) is 1. The van der Waals surface area contributed by atoms with Crippen LogP contribution < -0.4 is 9.46 Å². The zero-order valence-corrected chi connectivity index (χ0v) is 28.6. The average molecular weight is 659 g/mol. The van der Waals surface area contributed by atoms with Crippen LogP contribution in [0.4, 0.5) is 0 Å². The lowest BCUT2D eigenvalue weighted by molar-refractivity contribution is -0.149. The van der Waals surface area contributed by atoms with Gasteiger partial charge in [0.15, 0.2) is 0 Å². The van der Waals surface area contributed by atoms with Gasteiger partial charge in [-0.3, -0.25) is 9.59 Å². The zero-order valence-electron chi connectivity index (χ0n) is 27.8. The van der Waals surface area contributed by atoms with Crippen LogP contribution in [0.3, 0.4) is 0 Å². The number of benzene rings is 2. The number of piperidine rings is 1. The molecule has 2 aliphatic carbocycles. The van der Waals surface area contributed by atoms with Crippen molar-refractivity contribution in [3.8, 4) is 17.0 Å². The molecule has 1 aromatic heterocycles. The third-order valence-electron chi connectivity index (χ3n) is 12.0. The Labute approximate surface area is 277 Å². The van der Waals surface area contributed by atoms with Crippen molar-refractivity contribution in [3.63, 3.8) is 0 Å². The van der Waals surface area contributed by atoms with Gasteiger partial charge in [-0.1, -0.05) is 25.3 Å². The molecule has 1 N–H and O–H groups in total. The van der Waals surface area contributed by atoms with E-state index < -0.39 is 21.3 Å². The molecule has 250 valence electrons. The summed E-state index contributed by atoms with van der Waals surface area (Å²) in [6.07, 6.45) is 9.84. The first-order chi connectivity index (χ1) is 22.6. The molecule has 10 heteroatoms. The van der Waals surface area contributed by atoms with Crippen LogP contribution in [0.15, 0.2) is 36.4 Å². The highest BCUT2D eigenvalue weighted by atomic mass is 32.2. The maximum absolute atomic E-state index is 15.1. The second-order valence-electron chi connectivity index (χ2n) is 14.8. The number of methoxy groups -OCH3 is 1. The van der Waals surface area contributed by atoms with E-state index >= 15 is 4.79 Å². The number of rotatable bonds is 6. The molecular weight excluding hydrogens is 612 g/mol. The van der Waals surface area contributed by atoms with Gasteiger partial charge < -0.3 is 19.1 Å². The summed E-state index contributed by atoms with van der Waals surface area (Å²) in [5, 5.41) is 1.10. The van der Waals surface area contributed by atoms with E-state index in [-0.39, 0.29) is 29.7 Å². The molecule has 4 fully saturated rings. The Morgan fingerprint density at radius 3 is 2.43 bits per heavy atom. The fraction of sp³-hybridized carbons (Fsp3) is 0.568. The Kier molecular flexibility index (Phi) is 7.48. The van der Waals surface area contributed by atoms with Crippen molar-refractivity contribution in [3.05, 3.63) is 53.1 Å². The zero-order chi connectivity index (χ0) is 32.7. The van der Waals surface area contributed by atoms with E-state index in [4.69, 9.17) is 4.74 Å². The van der Waals surface area contributed by atoms with Crippen LogP contribution in [0, 0.1) is 5.41 Å². The number of ether oxygens (including phenoxy) is 1. The Morgan fingerprint density at radius 2 is 1.72 bits per heavy atom. The molecule has 4 atom stereocenters. The van der Waals surface area contributed by atoms with E-state index in [0.29, 0.717) is 18.0 Å². The van der Waals surface area contributed by atoms with E-state index in [2.05, 4.69) is 38.3 Å². The Morgan fingerprint density at radius 1 is 0.979 bits per heavy atom. The van der Waals surface area contributed by atoms with E-state index in [0.717, 1.165) is 73.1 Å². The molecule has 47 heavy (non-hydrogen) atoms. The van der Waals surface area contributed by atoms with Crippen LogP contribution in [0.5, 0.6) is 5.75 Å². The smallest absolute Gasteiger partial charge is 0.264 e. The molecule has 0 radical (unpaired) electrons. The summed E-state index contributed by atoms with van der Waals surface area (Å²) in [7, 11) is 0.149. The van der Waals surface area contributed by atoms with Gasteiger partial charge >= 0.3 is 0 Å². The lowest BCUT2D eigenvalue weighted by Gasteiger charge is -2.50. The molecule has 4 heterocycles. The number of fused-ring (bicyclic) bond motifs is 9. The number of aromatic nitrogens is 1. The third-order valence-corrected chi connectivity index (χ3v) is 13.2. The van der Waals surface area contributed by atoms with Gasteiger partial charge in [0.25, 0.3) is 5.91 Å². The summed E-state index contributed by atoms with van der Waals surface area (Å²) >= 11 is 0. The van der Waals surface area contributed by atoms with Crippen molar-refractivity contribution in [2.75, 3.05) is 33.0 Å². The first-order valence-corrected chi connectivity index (χ1v) is 19.2. The number of nitrogens with one attached hydrogen (secondary N) is 1. The Hall–Kier alpha value is -3.37. The van der Waals surface area contributed by atoms with Crippen LogP contribution in [0.2, 0.25) is 0 Å². The minimum absolute atomic E-state index is 0.0795. The summed E-state index contributed by atoms with van der Waals surface area (Å²) in [4.78, 5) is 33.0. The monoisotopic (exact) mass is 658 g/mol. The first kappa shape index (κ1) is 30.9. The predicted molar refractivity (Wildman–Crippen MR) is 182 cm³/mol. The standard InChI is InChI=1S/C37H46N4O5S/c1-4-47(44,45)38-35(42)24-13-15-29-32(17-24)40-22-37(36(43)41-25-11-8-12-26(41)21-39(2)20-25)19-31(37)30-18-27(46-3)14-16-28(30)34(40)33(29)23-9-6-5-7-10-23/h13-18,23,25-26,31H,4-12,19-22H2,1-3H3,(H,38,42). The van der Waals surface area contributed by atoms with Gasteiger partial charge in [0.1, 0.15) is 5.75 Å². The molecule has 3 aliphatic heterocycles. The summed E-state index contributed by atoms with van der Waals surface area (Å²) in [5.74, 6) is 0.729. The largest absolute Gasteiger partial charge is 0.497 e. The highest BCUT2D eigenvalue weighted by Crippen LogP contribution is 2.66. The van der Waals surface area contributed by atoms with Crippen LogP contribution in [0.1, 0.15) is 98.0 Å². The van der Waals surface area contributed by atoms with Crippen molar-refractivity contribution in [1.82, 2.24) is 19.1 Å². The van der Waals surface area contributed by atoms with Gasteiger partial charge in [-0.2, -0.15) is 0 Å². The highest BCUT2D eigenvalue weighted by molar-refractivity contribution is 7.90. The number of carbonyl (C=O) groups is 2. The second kappa shape index (κ2) is 11.4. The minimum atomic E-state index is -3.72. The molecule has 5 aliphatic rings. The Bertz CT molecular complexity index is 1860. The molecule has 2 amide bonds. The lowest BCUT2D eigenvalue weighted by Crippen LogP contribution is -2.63. The number of nitrogens with zero attached hydrogens (tertiary/aromatic N) is 3. The number of likely N-dealkylation sites (tertiary alicyclic amines) is 1. The summed E-state index contributed by atoms with van der Waals surface area (Å²) < 4.78 is 35.0. The van der Waals surface area contributed by atoms with Gasteiger partial charge in [-0.15, -0.1) is 0 Å². The van der Waals surface area contributed by atoms with Gasteiger partial charge in [0.05, 0.1) is 24.0 Å². The van der Waals surface area contributed by atoms with Gasteiger partial charge in [0.2, 0.25) is 15.9 Å². The molecule has 2 saturated carbocycles. The van der Waals surface area contributed by atoms with Crippen LogP contribution in [-0.4, -0.2) is 79.7 Å². The number of amides is 2. The molecule has 3 aromatic rings. The van der Waals surface area contributed by atoms with Gasteiger partial charge in [0, 0.05) is 59.7 Å². The SMILES string of the molecule is CCS(=O)(=O)NC(=O)c1ccc2c(C3CCCCC3)c3n(c2c1)CC1(C(=O)N2C4CCCC2CN(C)C4)CC1c1cc(OC)ccc1-3. The third kappa shape index (κ3) is 5.00. The van der Waals surface area contributed by atoms with E-state index in [1.54, 1.807) is 13.2 Å². The van der Waals surface area contributed by atoms with Crippen molar-refractivity contribution >= 4 is 32.7 Å². The van der Waals surface area contributed by atoms with Crippen molar-refractivity contribution < 1.29 is 22.7 Å². The molecule has 2 bridgehead atoms. The van der Waals surface area contributed by atoms with Crippen LogP contribution in [0.25, 0.3) is 22.2 Å². The van der Waals surface area contributed by atoms with Crippen molar-refractivity contribution in [2.24, 2.45) is 5.41 Å². The second-order valence-corrected chi connectivity index (χ2v) is 16.8. The van der Waals surface area contributed by atoms with E-state index in [1.807, 2.05) is 18.2 Å². The number of sulfonamides is 1. The number of carbonyl (C=O) groups excluding carboxylic acids is 2. The summed E-state index contributed by atoms with van der Waals surface area (Å²) in [5.41, 5.74) is 5.42. The van der Waals surface area contributed by atoms with Crippen LogP contribution in [-0.2, 0) is 21.4 Å². The topological polar surface area (TPSA) is 101 Å². The molecule has 2 saturated heterocycles. The van der Waals surface area contributed by atoms with Crippen molar-refractivity contribution in [2.45, 2.75) is 95.2 Å². The summed E-state index contributed by atoms with van der Waals surface area (Å²) in [6, 6.07) is 12.5. The first-order valence-electron chi connectivity index (χ1n) is 17.5. The normalized spacial score (nSPS) is 27.4. The van der Waals surface area contributed by atoms with E-state index in [9.17, 15) is 13.2 Å². The highest BCUT2D eigenvalue weighted by Gasteiger charge is 2.65. The van der Waals surface area contributed by atoms with E-state index in [1.165, 1.54) is 43.7 Å². The maximum Gasteiger partial charge on any atom is 0.264 e. The molecule has 0 spiro atoms. The number of hydrogen-bond donors (Lipinski definition) is 1.